The lowest BCUT2D eigenvalue weighted by molar-refractivity contribution is -0.121. The van der Waals surface area contributed by atoms with Gasteiger partial charge in [-0.05, 0) is 24.7 Å². The van der Waals surface area contributed by atoms with E-state index in [0.717, 1.165) is 19.3 Å². The van der Waals surface area contributed by atoms with Crippen LogP contribution in [-0.4, -0.2) is 45.4 Å². The van der Waals surface area contributed by atoms with Gasteiger partial charge < -0.3 is 20.5 Å². The second-order valence-electron chi connectivity index (χ2n) is 6.39. The van der Waals surface area contributed by atoms with Gasteiger partial charge in [0.15, 0.2) is 0 Å². The third kappa shape index (κ3) is 13.8. The number of rotatable bonds is 11. The summed E-state index contributed by atoms with van der Waals surface area (Å²) < 4.78 is 10.2. The molecule has 1 unspecified atom stereocenters. The van der Waals surface area contributed by atoms with E-state index in [4.69, 9.17) is 15.2 Å². The molecule has 0 fully saturated rings. The van der Waals surface area contributed by atoms with Gasteiger partial charge in [-0.1, -0.05) is 20.8 Å². The van der Waals surface area contributed by atoms with Gasteiger partial charge in [-0.25, -0.2) is 0 Å². The van der Waals surface area contributed by atoms with Gasteiger partial charge in [-0.2, -0.15) is 0 Å². The van der Waals surface area contributed by atoms with Crippen LogP contribution in [0.2, 0.25) is 0 Å². The number of hydrogen-bond donors (Lipinski definition) is 2. The van der Waals surface area contributed by atoms with Crippen LogP contribution in [-0.2, 0) is 14.3 Å². The van der Waals surface area contributed by atoms with Crippen molar-refractivity contribution >= 4 is 5.91 Å². The van der Waals surface area contributed by atoms with Crippen molar-refractivity contribution in [3.63, 3.8) is 0 Å². The molecule has 0 aromatic carbocycles. The number of carbonyl (C=O) groups excluding carboxylic acids is 1. The van der Waals surface area contributed by atoms with Crippen LogP contribution >= 0.6 is 0 Å². The summed E-state index contributed by atoms with van der Waals surface area (Å²) in [5, 5.41) is 2.90. The van der Waals surface area contributed by atoms with Gasteiger partial charge in [0.2, 0.25) is 5.91 Å². The highest BCUT2D eigenvalue weighted by molar-refractivity contribution is 5.76. The first kappa shape index (κ1) is 19.4. The molecule has 5 heteroatoms. The molecule has 0 rings (SSSR count). The number of nitrogens with two attached hydrogens (primary N) is 1. The minimum absolute atomic E-state index is 0.0436. The zero-order valence-electron chi connectivity index (χ0n) is 13.5. The van der Waals surface area contributed by atoms with Crippen molar-refractivity contribution in [1.82, 2.24) is 5.32 Å². The van der Waals surface area contributed by atoms with Crippen molar-refractivity contribution in [2.75, 3.05) is 33.5 Å². The first-order chi connectivity index (χ1) is 9.35. The molecule has 0 aromatic heterocycles. The molecule has 0 aromatic rings. The highest BCUT2D eigenvalue weighted by Gasteiger charge is 2.17. The predicted octanol–water partition coefficient (Wildman–Crippen LogP) is 1.70. The molecule has 0 aliphatic rings. The average molecular weight is 288 g/mol. The number of carbonyl (C=O) groups is 1. The van der Waals surface area contributed by atoms with Crippen LogP contribution in [0.5, 0.6) is 0 Å². The van der Waals surface area contributed by atoms with E-state index in [0.29, 0.717) is 32.8 Å². The topological polar surface area (TPSA) is 73.6 Å². The Morgan fingerprint density at radius 1 is 1.20 bits per heavy atom. The summed E-state index contributed by atoms with van der Waals surface area (Å²) in [4.78, 5) is 11.7. The van der Waals surface area contributed by atoms with Crippen LogP contribution in [0.3, 0.4) is 0 Å². The molecule has 0 aliphatic heterocycles. The fourth-order valence-corrected chi connectivity index (χ4v) is 1.97. The molecule has 0 aliphatic carbocycles. The first-order valence-electron chi connectivity index (χ1n) is 7.44. The van der Waals surface area contributed by atoms with Crippen LogP contribution in [0.15, 0.2) is 0 Å². The summed E-state index contributed by atoms with van der Waals surface area (Å²) in [7, 11) is 1.66. The molecule has 0 saturated heterocycles. The molecule has 0 heterocycles. The van der Waals surface area contributed by atoms with Crippen LogP contribution in [0.4, 0.5) is 0 Å². The maximum Gasteiger partial charge on any atom is 0.221 e. The number of unbranched alkanes of at least 4 members (excludes halogenated alkanes) is 1. The van der Waals surface area contributed by atoms with E-state index in [1.165, 1.54) is 0 Å². The second kappa shape index (κ2) is 11.1. The molecule has 120 valence electrons. The van der Waals surface area contributed by atoms with Gasteiger partial charge in [0.25, 0.3) is 0 Å². The highest BCUT2D eigenvalue weighted by atomic mass is 16.5. The minimum Gasteiger partial charge on any atom is -0.382 e. The van der Waals surface area contributed by atoms with Crippen LogP contribution in [0.1, 0.15) is 46.5 Å². The van der Waals surface area contributed by atoms with Gasteiger partial charge >= 0.3 is 0 Å². The number of methoxy groups -OCH3 is 1. The van der Waals surface area contributed by atoms with Gasteiger partial charge in [-0.15, -0.1) is 0 Å². The van der Waals surface area contributed by atoms with E-state index in [1.807, 2.05) is 0 Å². The van der Waals surface area contributed by atoms with E-state index in [2.05, 4.69) is 26.1 Å². The maximum atomic E-state index is 11.7. The van der Waals surface area contributed by atoms with Crippen molar-refractivity contribution in [2.24, 2.45) is 11.1 Å². The Kier molecular flexibility index (Phi) is 10.7. The third-order valence-electron chi connectivity index (χ3n) is 2.79. The zero-order chi connectivity index (χ0) is 15.4. The first-order valence-corrected chi connectivity index (χ1v) is 7.44. The van der Waals surface area contributed by atoms with Gasteiger partial charge in [0.1, 0.15) is 0 Å². The van der Waals surface area contributed by atoms with Crippen molar-refractivity contribution in [1.29, 1.82) is 0 Å². The Hall–Kier alpha value is -0.650. The third-order valence-corrected chi connectivity index (χ3v) is 2.79. The number of nitrogens with one attached hydrogen (secondary N) is 1. The molecule has 0 bridgehead atoms. The lowest BCUT2D eigenvalue weighted by Gasteiger charge is -2.22. The fourth-order valence-electron chi connectivity index (χ4n) is 1.97. The lowest BCUT2D eigenvalue weighted by atomic mass is 9.87. The normalized spacial score (nSPS) is 13.2. The average Bonchev–Trinajstić information content (AvgIpc) is 2.30. The zero-order valence-corrected chi connectivity index (χ0v) is 13.5. The second-order valence-corrected chi connectivity index (χ2v) is 6.39. The van der Waals surface area contributed by atoms with Gasteiger partial charge in [-0.3, -0.25) is 4.79 Å². The lowest BCUT2D eigenvalue weighted by Crippen LogP contribution is -2.34. The molecule has 1 amide bonds. The summed E-state index contributed by atoms with van der Waals surface area (Å²) >= 11 is 0. The molecule has 20 heavy (non-hydrogen) atoms. The van der Waals surface area contributed by atoms with Crippen LogP contribution in [0, 0.1) is 5.41 Å². The summed E-state index contributed by atoms with van der Waals surface area (Å²) in [5.41, 5.74) is 6.13. The summed E-state index contributed by atoms with van der Waals surface area (Å²) in [6.07, 6.45) is 3.13. The SMILES string of the molecule is COCCOCCCCNC(=O)CC(N)CC(C)(C)C. The highest BCUT2D eigenvalue weighted by Crippen LogP contribution is 2.20. The smallest absolute Gasteiger partial charge is 0.221 e. The molecule has 0 spiro atoms. The molecule has 0 saturated carbocycles. The van der Waals surface area contributed by atoms with Crippen molar-refractivity contribution in [3.8, 4) is 0 Å². The van der Waals surface area contributed by atoms with E-state index in [9.17, 15) is 4.79 Å². The molecule has 0 radical (unpaired) electrons. The number of ether oxygens (including phenoxy) is 2. The largest absolute Gasteiger partial charge is 0.382 e. The van der Waals surface area contributed by atoms with Crippen molar-refractivity contribution in [2.45, 2.75) is 52.5 Å². The van der Waals surface area contributed by atoms with Crippen molar-refractivity contribution in [3.05, 3.63) is 0 Å². The standard InChI is InChI=1S/C15H32N2O3/c1-15(2,3)12-13(16)11-14(18)17-7-5-6-8-20-10-9-19-4/h13H,5-12,16H2,1-4H3,(H,17,18). The molecule has 3 N–H and O–H groups in total. The van der Waals surface area contributed by atoms with Gasteiger partial charge in [0.05, 0.1) is 13.2 Å². The van der Waals surface area contributed by atoms with E-state index < -0.39 is 0 Å². The minimum atomic E-state index is -0.0626. The Labute approximate surface area is 123 Å². The van der Waals surface area contributed by atoms with Crippen LogP contribution < -0.4 is 11.1 Å². The summed E-state index contributed by atoms with van der Waals surface area (Å²) in [5.74, 6) is 0.0436. The maximum absolute atomic E-state index is 11.7. The molecular weight excluding hydrogens is 256 g/mol. The van der Waals surface area contributed by atoms with Crippen LogP contribution in [0.25, 0.3) is 0 Å². The Morgan fingerprint density at radius 2 is 1.90 bits per heavy atom. The Bertz CT molecular complexity index is 252. The van der Waals surface area contributed by atoms with Gasteiger partial charge in [0, 0.05) is 32.7 Å². The molecule has 1 atom stereocenters. The number of hydrogen-bond acceptors (Lipinski definition) is 4. The van der Waals surface area contributed by atoms with E-state index in [-0.39, 0.29) is 17.4 Å². The fraction of sp³-hybridized carbons (Fsp3) is 0.933. The Morgan fingerprint density at radius 3 is 2.50 bits per heavy atom. The number of amides is 1. The van der Waals surface area contributed by atoms with E-state index >= 15 is 0 Å². The monoisotopic (exact) mass is 288 g/mol. The van der Waals surface area contributed by atoms with E-state index in [1.54, 1.807) is 7.11 Å². The summed E-state index contributed by atoms with van der Waals surface area (Å²) in [6.45, 7) is 9.06. The van der Waals surface area contributed by atoms with Crippen molar-refractivity contribution < 1.29 is 14.3 Å². The molecule has 5 nitrogen and oxygen atoms in total. The quantitative estimate of drug-likeness (QED) is 0.568. The summed E-state index contributed by atoms with van der Waals surface area (Å²) in [6, 6.07) is -0.0626. The predicted molar refractivity (Wildman–Crippen MR) is 81.6 cm³/mol. The Balaban J connectivity index is 3.45. The molecular formula is C15H32N2O3.